The molecule has 0 fully saturated rings. The van der Waals surface area contributed by atoms with Gasteiger partial charge in [0.1, 0.15) is 0 Å². The summed E-state index contributed by atoms with van der Waals surface area (Å²) in [5.41, 5.74) is 2.96. The van der Waals surface area contributed by atoms with Crippen molar-refractivity contribution >= 4 is 22.5 Å². The predicted octanol–water partition coefficient (Wildman–Crippen LogP) is 1.77. The van der Waals surface area contributed by atoms with Gasteiger partial charge in [-0.1, -0.05) is 12.1 Å². The van der Waals surface area contributed by atoms with Crippen molar-refractivity contribution in [1.29, 1.82) is 0 Å². The number of aryl methyl sites for hydroxylation is 3. The zero-order valence-corrected chi connectivity index (χ0v) is 13.0. The molecule has 118 valence electrons. The minimum absolute atomic E-state index is 0.133. The number of nitrogens with one attached hydrogen (secondary N) is 2. The summed E-state index contributed by atoms with van der Waals surface area (Å²) in [7, 11) is 0. The van der Waals surface area contributed by atoms with Crippen molar-refractivity contribution in [3.8, 4) is 0 Å². The maximum Gasteiger partial charge on any atom is 0.261 e. The maximum atomic E-state index is 12.4. The summed E-state index contributed by atoms with van der Waals surface area (Å²) in [5, 5.41) is 9.92. The third kappa shape index (κ3) is 2.98. The molecule has 23 heavy (non-hydrogen) atoms. The van der Waals surface area contributed by atoms with E-state index in [-0.39, 0.29) is 24.4 Å². The number of para-hydroxylation sites is 1. The van der Waals surface area contributed by atoms with Crippen LogP contribution in [-0.2, 0) is 11.3 Å². The maximum absolute atomic E-state index is 12.4. The minimum atomic E-state index is -0.175. The molecule has 0 unspecified atom stereocenters. The number of amides is 1. The summed E-state index contributed by atoms with van der Waals surface area (Å²) in [4.78, 5) is 28.7. The molecule has 0 aliphatic heterocycles. The Balaban J connectivity index is 1.75. The largest absolute Gasteiger partial charge is 0.323 e. The quantitative estimate of drug-likeness (QED) is 0.768. The van der Waals surface area contributed by atoms with Gasteiger partial charge in [0.2, 0.25) is 5.91 Å². The number of hydrogen-bond donors (Lipinski definition) is 2. The van der Waals surface area contributed by atoms with E-state index < -0.39 is 0 Å². The van der Waals surface area contributed by atoms with Crippen LogP contribution in [0.1, 0.15) is 17.7 Å². The number of anilines is 1. The molecule has 0 saturated carbocycles. The summed E-state index contributed by atoms with van der Waals surface area (Å²) < 4.78 is 1.46. The molecule has 2 N–H and O–H groups in total. The third-order valence-electron chi connectivity index (χ3n) is 3.74. The van der Waals surface area contributed by atoms with Crippen LogP contribution in [0.5, 0.6) is 0 Å². The topological polar surface area (TPSA) is 92.7 Å². The highest BCUT2D eigenvalue weighted by Gasteiger charge is 2.09. The first-order chi connectivity index (χ1) is 11.1. The van der Waals surface area contributed by atoms with Gasteiger partial charge in [0.25, 0.3) is 5.56 Å². The van der Waals surface area contributed by atoms with Crippen molar-refractivity contribution in [2.75, 3.05) is 5.32 Å². The lowest BCUT2D eigenvalue weighted by Crippen LogP contribution is -2.23. The number of rotatable bonds is 4. The SMILES string of the molecule is Cc1[nH]ncc1NC(=O)CCn1cnc2c(C)cccc2c1=O. The van der Waals surface area contributed by atoms with Gasteiger partial charge in [-0.3, -0.25) is 19.3 Å². The van der Waals surface area contributed by atoms with Crippen molar-refractivity contribution in [2.24, 2.45) is 0 Å². The molecule has 0 saturated heterocycles. The number of hydrogen-bond acceptors (Lipinski definition) is 4. The van der Waals surface area contributed by atoms with Gasteiger partial charge >= 0.3 is 0 Å². The molecule has 7 nitrogen and oxygen atoms in total. The first kappa shape index (κ1) is 15.0. The normalized spacial score (nSPS) is 10.9. The van der Waals surface area contributed by atoms with E-state index in [0.717, 1.165) is 11.3 Å². The first-order valence-corrected chi connectivity index (χ1v) is 7.31. The Morgan fingerprint density at radius 3 is 2.91 bits per heavy atom. The molecule has 0 spiro atoms. The molecule has 7 heteroatoms. The van der Waals surface area contributed by atoms with E-state index in [1.165, 1.54) is 10.9 Å². The van der Waals surface area contributed by atoms with Crippen LogP contribution in [0.25, 0.3) is 10.9 Å². The van der Waals surface area contributed by atoms with Gasteiger partial charge in [-0.25, -0.2) is 4.98 Å². The van der Waals surface area contributed by atoms with E-state index in [1.807, 2.05) is 26.0 Å². The van der Waals surface area contributed by atoms with E-state index in [1.54, 1.807) is 12.3 Å². The van der Waals surface area contributed by atoms with Gasteiger partial charge in [-0.15, -0.1) is 0 Å². The highest BCUT2D eigenvalue weighted by molar-refractivity contribution is 5.91. The van der Waals surface area contributed by atoms with Crippen molar-refractivity contribution in [3.05, 3.63) is 52.3 Å². The van der Waals surface area contributed by atoms with Crippen molar-refractivity contribution in [1.82, 2.24) is 19.7 Å². The lowest BCUT2D eigenvalue weighted by Gasteiger charge is -2.08. The molecule has 3 rings (SSSR count). The Hall–Kier alpha value is -2.96. The second kappa shape index (κ2) is 6.04. The van der Waals surface area contributed by atoms with Gasteiger partial charge in [0, 0.05) is 13.0 Å². The smallest absolute Gasteiger partial charge is 0.261 e. The van der Waals surface area contributed by atoms with Gasteiger partial charge in [0.05, 0.1) is 34.8 Å². The van der Waals surface area contributed by atoms with Gasteiger partial charge in [-0.05, 0) is 25.5 Å². The minimum Gasteiger partial charge on any atom is -0.323 e. The number of H-pyrrole nitrogens is 1. The first-order valence-electron chi connectivity index (χ1n) is 7.31. The lowest BCUT2D eigenvalue weighted by molar-refractivity contribution is -0.116. The molecule has 2 aromatic heterocycles. The number of fused-ring (bicyclic) bond motifs is 1. The van der Waals surface area contributed by atoms with Gasteiger partial charge in [0.15, 0.2) is 0 Å². The highest BCUT2D eigenvalue weighted by atomic mass is 16.2. The zero-order chi connectivity index (χ0) is 16.4. The Kier molecular flexibility index (Phi) is 3.92. The van der Waals surface area contributed by atoms with E-state index in [4.69, 9.17) is 0 Å². The van der Waals surface area contributed by atoms with Crippen LogP contribution in [0.4, 0.5) is 5.69 Å². The van der Waals surface area contributed by atoms with Crippen molar-refractivity contribution < 1.29 is 4.79 Å². The van der Waals surface area contributed by atoms with Gasteiger partial charge < -0.3 is 5.32 Å². The average molecular weight is 311 g/mol. The van der Waals surface area contributed by atoms with Crippen LogP contribution in [0.15, 0.2) is 35.5 Å². The molecule has 0 bridgehead atoms. The molecular weight excluding hydrogens is 294 g/mol. The van der Waals surface area contributed by atoms with E-state index >= 15 is 0 Å². The predicted molar refractivity (Wildman–Crippen MR) is 87.3 cm³/mol. The van der Waals surface area contributed by atoms with E-state index in [0.29, 0.717) is 16.6 Å². The van der Waals surface area contributed by atoms with Crippen LogP contribution in [-0.4, -0.2) is 25.7 Å². The molecule has 1 amide bonds. The summed E-state index contributed by atoms with van der Waals surface area (Å²) in [6.07, 6.45) is 3.23. The number of benzene rings is 1. The number of aromatic nitrogens is 4. The average Bonchev–Trinajstić information content (AvgIpc) is 2.92. The fourth-order valence-corrected chi connectivity index (χ4v) is 2.41. The molecule has 3 aromatic rings. The molecule has 0 aliphatic rings. The van der Waals surface area contributed by atoms with Gasteiger partial charge in [-0.2, -0.15) is 5.10 Å². The fraction of sp³-hybridized carbons (Fsp3) is 0.250. The zero-order valence-electron chi connectivity index (χ0n) is 13.0. The van der Waals surface area contributed by atoms with E-state index in [9.17, 15) is 9.59 Å². The summed E-state index contributed by atoms with van der Waals surface area (Å²) in [5.74, 6) is -0.175. The van der Waals surface area contributed by atoms with Crippen molar-refractivity contribution in [2.45, 2.75) is 26.8 Å². The van der Waals surface area contributed by atoms with Crippen molar-refractivity contribution in [3.63, 3.8) is 0 Å². The summed E-state index contributed by atoms with van der Waals surface area (Å²) >= 11 is 0. The molecule has 0 radical (unpaired) electrons. The van der Waals surface area contributed by atoms with Crippen LogP contribution in [0.3, 0.4) is 0 Å². The fourth-order valence-electron chi connectivity index (χ4n) is 2.41. The molecule has 2 heterocycles. The summed E-state index contributed by atoms with van der Waals surface area (Å²) in [6.45, 7) is 4.01. The monoisotopic (exact) mass is 311 g/mol. The number of carbonyl (C=O) groups is 1. The second-order valence-electron chi connectivity index (χ2n) is 5.42. The molecule has 0 aliphatic carbocycles. The highest BCUT2D eigenvalue weighted by Crippen LogP contribution is 2.12. The van der Waals surface area contributed by atoms with Crippen LogP contribution >= 0.6 is 0 Å². The molecular formula is C16H17N5O2. The Morgan fingerprint density at radius 2 is 2.17 bits per heavy atom. The van der Waals surface area contributed by atoms with E-state index in [2.05, 4.69) is 20.5 Å². The Morgan fingerprint density at radius 1 is 1.35 bits per heavy atom. The second-order valence-corrected chi connectivity index (χ2v) is 5.42. The third-order valence-corrected chi connectivity index (χ3v) is 3.74. The standard InChI is InChI=1S/C16H17N5O2/c1-10-4-3-5-12-15(10)17-9-21(16(12)23)7-6-14(22)19-13-8-18-20-11(13)2/h3-5,8-9H,6-7H2,1-2H3,(H,18,20)(H,19,22). The number of aromatic amines is 1. The molecule has 1 aromatic carbocycles. The van der Waals surface area contributed by atoms with Crippen LogP contribution < -0.4 is 10.9 Å². The molecule has 0 atom stereocenters. The lowest BCUT2D eigenvalue weighted by atomic mass is 10.1. The Labute approximate surface area is 132 Å². The number of nitrogens with zero attached hydrogens (tertiary/aromatic N) is 3. The number of carbonyl (C=O) groups excluding carboxylic acids is 1. The van der Waals surface area contributed by atoms with Crippen LogP contribution in [0, 0.1) is 13.8 Å². The Bertz CT molecular complexity index is 926. The summed E-state index contributed by atoms with van der Waals surface area (Å²) in [6, 6.07) is 5.50. The van der Waals surface area contributed by atoms with Crippen LogP contribution in [0.2, 0.25) is 0 Å².